The van der Waals surface area contributed by atoms with Gasteiger partial charge in [-0.1, -0.05) is 43.3 Å². The van der Waals surface area contributed by atoms with E-state index in [1.165, 1.54) is 11.8 Å². The predicted molar refractivity (Wildman–Crippen MR) is 123 cm³/mol. The molecular formula is C23H25N3O4S. The van der Waals surface area contributed by atoms with Crippen molar-refractivity contribution >= 4 is 35.0 Å². The lowest BCUT2D eigenvalue weighted by molar-refractivity contribution is -0.119. The zero-order chi connectivity index (χ0) is 22.4. The summed E-state index contributed by atoms with van der Waals surface area (Å²) in [5.74, 6) is 0.470. The fraction of sp³-hybridized carbons (Fsp3) is 0.304. The molecule has 2 aromatic rings. The van der Waals surface area contributed by atoms with Crippen LogP contribution in [-0.2, 0) is 4.79 Å². The second kappa shape index (κ2) is 10.3. The van der Waals surface area contributed by atoms with Gasteiger partial charge in [0.25, 0.3) is 0 Å². The monoisotopic (exact) mass is 439 g/mol. The van der Waals surface area contributed by atoms with E-state index < -0.39 is 5.97 Å². The Labute approximate surface area is 185 Å². The highest BCUT2D eigenvalue weighted by Gasteiger charge is 2.32. The molecular weight excluding hydrogens is 414 g/mol. The quantitative estimate of drug-likeness (QED) is 0.302. The first-order valence-electron chi connectivity index (χ1n) is 10.0. The van der Waals surface area contributed by atoms with Gasteiger partial charge in [-0.2, -0.15) is 5.10 Å². The van der Waals surface area contributed by atoms with Crippen LogP contribution in [0, 0.1) is 12.8 Å². The molecule has 1 heterocycles. The summed E-state index contributed by atoms with van der Waals surface area (Å²) in [5.41, 5.74) is 2.25. The van der Waals surface area contributed by atoms with Gasteiger partial charge in [-0.05, 0) is 55.7 Å². The highest BCUT2D eigenvalue weighted by atomic mass is 32.2. The van der Waals surface area contributed by atoms with Gasteiger partial charge in [-0.25, -0.2) is 4.79 Å². The summed E-state index contributed by atoms with van der Waals surface area (Å²) in [7, 11) is 0. The Morgan fingerprint density at radius 3 is 2.58 bits per heavy atom. The van der Waals surface area contributed by atoms with E-state index in [1.807, 2.05) is 39.8 Å². The van der Waals surface area contributed by atoms with E-state index in [4.69, 9.17) is 9.47 Å². The van der Waals surface area contributed by atoms with Gasteiger partial charge in [0.05, 0.1) is 23.6 Å². The Kier molecular flexibility index (Phi) is 7.46. The smallest absolute Gasteiger partial charge is 0.343 e. The van der Waals surface area contributed by atoms with Crippen molar-refractivity contribution in [2.24, 2.45) is 16.1 Å². The minimum atomic E-state index is -0.456. The average molecular weight is 440 g/mol. The normalized spacial score (nSPS) is 17.4. The molecule has 1 atom stereocenters. The molecule has 0 aliphatic carbocycles. The van der Waals surface area contributed by atoms with E-state index in [-0.39, 0.29) is 17.1 Å². The third-order valence-corrected chi connectivity index (χ3v) is 5.86. The van der Waals surface area contributed by atoms with E-state index in [0.29, 0.717) is 28.8 Å². The second-order valence-corrected chi connectivity index (χ2v) is 8.45. The van der Waals surface area contributed by atoms with E-state index in [1.54, 1.807) is 36.5 Å². The van der Waals surface area contributed by atoms with Crippen molar-refractivity contribution in [3.05, 3.63) is 59.2 Å². The number of amides is 1. The predicted octanol–water partition coefficient (Wildman–Crippen LogP) is 4.19. The summed E-state index contributed by atoms with van der Waals surface area (Å²) in [5, 5.41) is 11.2. The minimum Gasteiger partial charge on any atom is -0.490 e. The first kappa shape index (κ1) is 22.6. The summed E-state index contributed by atoms with van der Waals surface area (Å²) < 4.78 is 11.2. The molecule has 0 unspecified atom stereocenters. The number of ether oxygens (including phenoxy) is 2. The lowest BCUT2D eigenvalue weighted by Crippen LogP contribution is -2.27. The first-order chi connectivity index (χ1) is 14.9. The maximum absolute atomic E-state index is 12.4. The number of carbonyl (C=O) groups excluding carboxylic acids is 2. The number of carbonyl (C=O) groups is 2. The molecule has 0 bridgehead atoms. The van der Waals surface area contributed by atoms with Crippen molar-refractivity contribution in [1.29, 1.82) is 0 Å². The van der Waals surface area contributed by atoms with Crippen molar-refractivity contribution in [3.8, 4) is 11.5 Å². The molecule has 3 rings (SSSR count). The molecule has 0 spiro atoms. The van der Waals surface area contributed by atoms with Gasteiger partial charge in [0.15, 0.2) is 16.7 Å². The van der Waals surface area contributed by atoms with Crippen LogP contribution in [0.4, 0.5) is 0 Å². The summed E-state index contributed by atoms with van der Waals surface area (Å²) >= 11 is 1.37. The van der Waals surface area contributed by atoms with Gasteiger partial charge in [0.1, 0.15) is 0 Å². The van der Waals surface area contributed by atoms with Gasteiger partial charge >= 0.3 is 5.97 Å². The molecule has 1 aliphatic heterocycles. The van der Waals surface area contributed by atoms with Gasteiger partial charge < -0.3 is 14.8 Å². The molecule has 0 saturated carbocycles. The highest BCUT2D eigenvalue weighted by Crippen LogP contribution is 2.29. The number of amidine groups is 1. The topological polar surface area (TPSA) is 89.3 Å². The number of benzene rings is 2. The Hall–Kier alpha value is -3.13. The van der Waals surface area contributed by atoms with E-state index in [9.17, 15) is 9.59 Å². The van der Waals surface area contributed by atoms with Gasteiger partial charge in [-0.15, -0.1) is 5.10 Å². The van der Waals surface area contributed by atoms with Crippen molar-refractivity contribution in [2.75, 3.05) is 6.61 Å². The maximum Gasteiger partial charge on any atom is 0.343 e. The van der Waals surface area contributed by atoms with Crippen LogP contribution in [0.5, 0.6) is 11.5 Å². The Bertz CT molecular complexity index is 1020. The molecule has 1 N–H and O–H groups in total. The average Bonchev–Trinajstić information content (AvgIpc) is 3.11. The Morgan fingerprint density at radius 1 is 1.19 bits per heavy atom. The minimum absolute atomic E-state index is 0.0488. The number of esters is 1. The van der Waals surface area contributed by atoms with Crippen molar-refractivity contribution in [1.82, 2.24) is 5.32 Å². The summed E-state index contributed by atoms with van der Waals surface area (Å²) in [6.45, 7) is 8.20. The fourth-order valence-electron chi connectivity index (χ4n) is 2.82. The Morgan fingerprint density at radius 2 is 1.94 bits per heavy atom. The summed E-state index contributed by atoms with van der Waals surface area (Å²) in [6, 6.07) is 12.3. The molecule has 2 aromatic carbocycles. The van der Waals surface area contributed by atoms with Crippen LogP contribution >= 0.6 is 11.8 Å². The maximum atomic E-state index is 12.4. The number of thioether (sulfide) groups is 1. The van der Waals surface area contributed by atoms with Crippen LogP contribution in [-0.4, -0.2) is 35.1 Å². The number of aryl methyl sites for hydroxylation is 1. The molecule has 1 amide bonds. The third kappa shape index (κ3) is 5.95. The lowest BCUT2D eigenvalue weighted by atomic mass is 10.1. The summed E-state index contributed by atoms with van der Waals surface area (Å²) in [6.07, 6.45) is 1.55. The number of hydrogen-bond donors (Lipinski definition) is 1. The molecule has 162 valence electrons. The molecule has 0 aromatic heterocycles. The molecule has 31 heavy (non-hydrogen) atoms. The highest BCUT2D eigenvalue weighted by molar-refractivity contribution is 8.15. The van der Waals surface area contributed by atoms with E-state index in [0.717, 1.165) is 11.1 Å². The molecule has 8 heteroatoms. The molecule has 7 nitrogen and oxygen atoms in total. The van der Waals surface area contributed by atoms with Crippen LogP contribution in [0.1, 0.15) is 42.3 Å². The van der Waals surface area contributed by atoms with Crippen LogP contribution in [0.15, 0.2) is 52.7 Å². The van der Waals surface area contributed by atoms with Crippen LogP contribution in [0.2, 0.25) is 0 Å². The van der Waals surface area contributed by atoms with Crippen molar-refractivity contribution in [3.63, 3.8) is 0 Å². The second-order valence-electron chi connectivity index (χ2n) is 7.32. The standard InChI is InChI=1S/C23H25N3O4S/c1-5-29-19-12-16(13-24-26-23-25-21(27)20(31-23)14(2)3)8-11-18(19)30-22(28)17-9-6-15(4)7-10-17/h6-14,20H,5H2,1-4H3,(H,25,26,27)/b24-13-/t20-/m1/s1. The number of nitrogens with zero attached hydrogens (tertiary/aromatic N) is 2. The van der Waals surface area contributed by atoms with Crippen LogP contribution in [0.3, 0.4) is 0 Å². The molecule has 1 fully saturated rings. The van der Waals surface area contributed by atoms with Crippen LogP contribution in [0.25, 0.3) is 0 Å². The molecule has 0 radical (unpaired) electrons. The Balaban J connectivity index is 1.72. The van der Waals surface area contributed by atoms with Gasteiger partial charge in [-0.3, -0.25) is 4.79 Å². The molecule has 1 aliphatic rings. The molecule has 1 saturated heterocycles. The SMILES string of the molecule is CCOc1cc(/C=N\N=C2NC(=O)[C@@H](C(C)C)S2)ccc1OC(=O)c1ccc(C)cc1. The largest absolute Gasteiger partial charge is 0.490 e. The lowest BCUT2D eigenvalue weighted by Gasteiger charge is -2.11. The zero-order valence-electron chi connectivity index (χ0n) is 17.9. The van der Waals surface area contributed by atoms with Gasteiger partial charge in [0, 0.05) is 0 Å². The number of nitrogens with one attached hydrogen (secondary N) is 1. The van der Waals surface area contributed by atoms with Gasteiger partial charge in [0.2, 0.25) is 5.91 Å². The number of hydrogen-bond acceptors (Lipinski definition) is 7. The third-order valence-electron chi connectivity index (χ3n) is 4.45. The summed E-state index contributed by atoms with van der Waals surface area (Å²) in [4.78, 5) is 24.3. The van der Waals surface area contributed by atoms with E-state index in [2.05, 4.69) is 15.5 Å². The van der Waals surface area contributed by atoms with Crippen LogP contribution < -0.4 is 14.8 Å². The van der Waals surface area contributed by atoms with Crippen molar-refractivity contribution in [2.45, 2.75) is 32.9 Å². The zero-order valence-corrected chi connectivity index (χ0v) is 18.7. The number of rotatable bonds is 7. The van der Waals surface area contributed by atoms with Crippen molar-refractivity contribution < 1.29 is 19.1 Å². The fourth-order valence-corrected chi connectivity index (χ4v) is 3.75. The van der Waals surface area contributed by atoms with E-state index >= 15 is 0 Å². The first-order valence-corrected chi connectivity index (χ1v) is 10.9.